The van der Waals surface area contributed by atoms with Crippen LogP contribution in [0.3, 0.4) is 0 Å². The molecule has 13 heteroatoms. The first-order chi connectivity index (χ1) is 15.6. The van der Waals surface area contributed by atoms with E-state index < -0.39 is 28.0 Å². The van der Waals surface area contributed by atoms with Crippen LogP contribution in [0.4, 0.5) is 0 Å². The van der Waals surface area contributed by atoms with Crippen molar-refractivity contribution < 1.29 is 18.0 Å². The van der Waals surface area contributed by atoms with Crippen molar-refractivity contribution in [1.82, 2.24) is 14.5 Å². The zero-order chi connectivity index (χ0) is 24.3. The first-order valence-corrected chi connectivity index (χ1v) is 12.7. The van der Waals surface area contributed by atoms with Gasteiger partial charge in [-0.1, -0.05) is 46.4 Å². The first kappa shape index (κ1) is 26.0. The van der Waals surface area contributed by atoms with Crippen LogP contribution in [0.5, 0.6) is 0 Å². The molecule has 1 unspecified atom stereocenters. The number of halogens is 4. The first-order valence-electron chi connectivity index (χ1n) is 9.78. The van der Waals surface area contributed by atoms with Gasteiger partial charge in [-0.3, -0.25) is 9.59 Å². The average molecular weight is 554 g/mol. The lowest BCUT2D eigenvalue weighted by atomic mass is 10.1. The topological polar surface area (TPSA) is 113 Å². The largest absolute Gasteiger partial charge is 0.352 e. The molecule has 8 nitrogen and oxygen atoms in total. The summed E-state index contributed by atoms with van der Waals surface area (Å²) in [6.45, 7) is 0.363. The lowest BCUT2D eigenvalue weighted by Crippen LogP contribution is -2.63. The lowest BCUT2D eigenvalue weighted by Gasteiger charge is -2.41. The Kier molecular flexibility index (Phi) is 8.50. The van der Waals surface area contributed by atoms with Gasteiger partial charge in [0.2, 0.25) is 10.0 Å². The maximum atomic E-state index is 13.5. The monoisotopic (exact) mass is 552 g/mol. The minimum Gasteiger partial charge on any atom is -0.352 e. The van der Waals surface area contributed by atoms with Crippen LogP contribution in [0.15, 0.2) is 41.3 Å². The molecule has 3 N–H and O–H groups in total. The molecule has 0 saturated carbocycles. The maximum absolute atomic E-state index is 13.5. The van der Waals surface area contributed by atoms with E-state index in [2.05, 4.69) is 5.32 Å². The number of nitrogens with one attached hydrogen (secondary N) is 1. The van der Waals surface area contributed by atoms with E-state index in [-0.39, 0.29) is 58.1 Å². The molecule has 33 heavy (non-hydrogen) atoms. The molecular formula is C20H20Cl4N4O4S. The van der Waals surface area contributed by atoms with Gasteiger partial charge in [0, 0.05) is 31.2 Å². The number of hydrogen-bond donors (Lipinski definition) is 2. The molecule has 1 atom stereocenters. The van der Waals surface area contributed by atoms with Crippen LogP contribution in [0.1, 0.15) is 16.8 Å². The minimum atomic E-state index is -4.24. The van der Waals surface area contributed by atoms with Gasteiger partial charge in [-0.25, -0.2) is 8.42 Å². The number of rotatable bonds is 6. The van der Waals surface area contributed by atoms with Crippen molar-refractivity contribution in [2.75, 3.05) is 26.2 Å². The highest BCUT2D eigenvalue weighted by Crippen LogP contribution is 2.31. The molecule has 0 aromatic heterocycles. The van der Waals surface area contributed by atoms with E-state index >= 15 is 0 Å². The van der Waals surface area contributed by atoms with Crippen molar-refractivity contribution in [1.29, 1.82) is 0 Å². The number of hydrogen-bond acceptors (Lipinski definition) is 5. The van der Waals surface area contributed by atoms with E-state index in [0.717, 1.165) is 4.31 Å². The second-order valence-corrected chi connectivity index (χ2v) is 10.7. The van der Waals surface area contributed by atoms with Gasteiger partial charge in [0.05, 0.1) is 25.5 Å². The fourth-order valence-corrected chi connectivity index (χ4v) is 5.88. The fourth-order valence-electron chi connectivity index (χ4n) is 3.41. The molecule has 1 saturated heterocycles. The summed E-state index contributed by atoms with van der Waals surface area (Å²) in [5.74, 6) is -1.30. The molecule has 0 radical (unpaired) electrons. The van der Waals surface area contributed by atoms with E-state index in [1.54, 1.807) is 0 Å². The summed E-state index contributed by atoms with van der Waals surface area (Å²) in [7, 11) is -4.24. The van der Waals surface area contributed by atoms with Gasteiger partial charge in [0.1, 0.15) is 0 Å². The van der Waals surface area contributed by atoms with Gasteiger partial charge in [0.25, 0.3) is 11.8 Å². The number of nitrogens with two attached hydrogens (primary N) is 1. The zero-order valence-electron chi connectivity index (χ0n) is 17.1. The molecule has 0 bridgehead atoms. The van der Waals surface area contributed by atoms with E-state index in [9.17, 15) is 18.0 Å². The Balaban J connectivity index is 2.06. The Morgan fingerprint density at radius 3 is 2.36 bits per heavy atom. The van der Waals surface area contributed by atoms with Gasteiger partial charge in [-0.2, -0.15) is 4.31 Å². The summed E-state index contributed by atoms with van der Waals surface area (Å²) in [5.41, 5.74) is 5.57. The standard InChI is InChI=1S/C20H20Cl4N4O4S/c21-12-2-4-14(16(23)10-12)20(30)27-8-1-9-28(19(27)18(29)26-7-6-25)33(31,32)13-3-5-15(22)17(24)11-13/h2-5,10-11,19H,1,6-9,25H2,(H,26,29). The van der Waals surface area contributed by atoms with Gasteiger partial charge < -0.3 is 16.0 Å². The summed E-state index contributed by atoms with van der Waals surface area (Å²) in [4.78, 5) is 27.5. The molecular weight excluding hydrogens is 534 g/mol. The average Bonchev–Trinajstić information content (AvgIpc) is 2.78. The van der Waals surface area contributed by atoms with Gasteiger partial charge in [-0.05, 0) is 42.8 Å². The molecule has 0 aliphatic carbocycles. The van der Waals surface area contributed by atoms with Crippen LogP contribution in [0.25, 0.3) is 0 Å². The SMILES string of the molecule is NCCNC(=O)C1N(C(=O)c2ccc(Cl)cc2Cl)CCCN1S(=O)(=O)c1ccc(Cl)c(Cl)c1. The Bertz CT molecular complexity index is 1180. The quantitative estimate of drug-likeness (QED) is 0.570. The van der Waals surface area contributed by atoms with Crippen LogP contribution in [-0.4, -0.2) is 61.8 Å². The van der Waals surface area contributed by atoms with Gasteiger partial charge in [0.15, 0.2) is 6.17 Å². The van der Waals surface area contributed by atoms with Crippen LogP contribution in [-0.2, 0) is 14.8 Å². The molecule has 1 aliphatic heterocycles. The smallest absolute Gasteiger partial charge is 0.259 e. The molecule has 178 valence electrons. The zero-order valence-corrected chi connectivity index (χ0v) is 20.9. The van der Waals surface area contributed by atoms with E-state index in [0.29, 0.717) is 5.02 Å². The second kappa shape index (κ2) is 10.8. The van der Waals surface area contributed by atoms with Gasteiger partial charge >= 0.3 is 0 Å². The van der Waals surface area contributed by atoms with Crippen molar-refractivity contribution >= 4 is 68.2 Å². The number of benzene rings is 2. The summed E-state index contributed by atoms with van der Waals surface area (Å²) < 4.78 is 27.9. The van der Waals surface area contributed by atoms with E-state index in [1.165, 1.54) is 41.3 Å². The Hall–Kier alpha value is -1.59. The lowest BCUT2D eigenvalue weighted by molar-refractivity contribution is -0.130. The normalized spacial score (nSPS) is 17.1. The Labute approximate surface area is 211 Å². The minimum absolute atomic E-state index is 0.00141. The second-order valence-electron chi connectivity index (χ2n) is 7.12. The number of sulfonamides is 1. The van der Waals surface area contributed by atoms with Crippen molar-refractivity contribution in [3.8, 4) is 0 Å². The predicted molar refractivity (Wildman–Crippen MR) is 128 cm³/mol. The third kappa shape index (κ3) is 5.57. The Morgan fingerprint density at radius 1 is 1.00 bits per heavy atom. The Morgan fingerprint density at radius 2 is 1.73 bits per heavy atom. The van der Waals surface area contributed by atoms with Crippen molar-refractivity contribution in [3.05, 3.63) is 62.1 Å². The molecule has 1 heterocycles. The summed E-state index contributed by atoms with van der Waals surface area (Å²) in [5, 5.41) is 3.20. The molecule has 2 aromatic carbocycles. The predicted octanol–water partition coefficient (Wildman–Crippen LogP) is 3.24. The molecule has 0 spiro atoms. The van der Waals surface area contributed by atoms with Crippen molar-refractivity contribution in [2.24, 2.45) is 5.73 Å². The number of carbonyl (C=O) groups excluding carboxylic acids is 2. The third-order valence-corrected chi connectivity index (χ3v) is 8.08. The summed E-state index contributed by atoms with van der Waals surface area (Å²) in [6.07, 6.45) is -1.18. The molecule has 2 aromatic rings. The van der Waals surface area contributed by atoms with Crippen LogP contribution in [0.2, 0.25) is 20.1 Å². The van der Waals surface area contributed by atoms with Crippen molar-refractivity contribution in [2.45, 2.75) is 17.5 Å². The summed E-state index contributed by atoms with van der Waals surface area (Å²) in [6, 6.07) is 8.14. The third-order valence-electron chi connectivity index (χ3n) is 4.94. The highest BCUT2D eigenvalue weighted by molar-refractivity contribution is 7.89. The van der Waals surface area contributed by atoms with Crippen LogP contribution < -0.4 is 11.1 Å². The van der Waals surface area contributed by atoms with Crippen molar-refractivity contribution in [3.63, 3.8) is 0 Å². The maximum Gasteiger partial charge on any atom is 0.259 e. The number of amides is 2. The number of carbonyl (C=O) groups is 2. The highest BCUT2D eigenvalue weighted by Gasteiger charge is 2.44. The molecule has 1 fully saturated rings. The highest BCUT2D eigenvalue weighted by atomic mass is 35.5. The summed E-state index contributed by atoms with van der Waals surface area (Å²) >= 11 is 24.1. The van der Waals surface area contributed by atoms with E-state index in [4.69, 9.17) is 52.1 Å². The molecule has 1 aliphatic rings. The van der Waals surface area contributed by atoms with Crippen LogP contribution >= 0.6 is 46.4 Å². The van der Waals surface area contributed by atoms with Gasteiger partial charge in [-0.15, -0.1) is 0 Å². The fraction of sp³-hybridized carbons (Fsp3) is 0.300. The van der Waals surface area contributed by atoms with Crippen LogP contribution in [0, 0.1) is 0 Å². The molecule has 2 amide bonds. The van der Waals surface area contributed by atoms with E-state index in [1.807, 2.05) is 0 Å². The number of nitrogens with zero attached hydrogens (tertiary/aromatic N) is 2. The molecule has 3 rings (SSSR count).